The molecule has 0 saturated heterocycles. The van der Waals surface area contributed by atoms with Crippen molar-refractivity contribution in [1.29, 1.82) is 0 Å². The molecule has 1 heterocycles. The minimum Gasteiger partial charge on any atom is -0.439 e. The minimum atomic E-state index is 0.642. The zero-order chi connectivity index (χ0) is 14.5. The smallest absolute Gasteiger partial charge is 0.209 e. The van der Waals surface area contributed by atoms with Crippen molar-refractivity contribution in [3.63, 3.8) is 0 Å². The molecule has 0 amide bonds. The molecule has 3 aromatic rings. The van der Waals surface area contributed by atoms with Gasteiger partial charge >= 0.3 is 0 Å². The van der Waals surface area contributed by atoms with Gasteiger partial charge < -0.3 is 9.73 Å². The van der Waals surface area contributed by atoms with Crippen molar-refractivity contribution in [2.24, 2.45) is 0 Å². The Labute approximate surface area is 124 Å². The standard InChI is InChI=1S/C18H18N2O/c1-2-19-13-16-20-17(14-9-5-3-6-10-14)18(21-16)15-11-7-4-8-12-15/h3-12,19H,2,13H2,1H3. The second-order valence-electron chi connectivity index (χ2n) is 4.80. The summed E-state index contributed by atoms with van der Waals surface area (Å²) in [5, 5.41) is 3.25. The van der Waals surface area contributed by atoms with Crippen molar-refractivity contribution in [3.8, 4) is 22.6 Å². The molecule has 0 saturated carbocycles. The molecule has 1 N–H and O–H groups in total. The van der Waals surface area contributed by atoms with Gasteiger partial charge in [-0.2, -0.15) is 0 Å². The number of rotatable bonds is 5. The van der Waals surface area contributed by atoms with E-state index in [1.54, 1.807) is 0 Å². The van der Waals surface area contributed by atoms with Crippen LogP contribution in [0.3, 0.4) is 0 Å². The molecular weight excluding hydrogens is 260 g/mol. The highest BCUT2D eigenvalue weighted by molar-refractivity contribution is 5.76. The van der Waals surface area contributed by atoms with Gasteiger partial charge in [0.15, 0.2) is 5.76 Å². The second-order valence-corrected chi connectivity index (χ2v) is 4.80. The van der Waals surface area contributed by atoms with E-state index in [0.29, 0.717) is 6.54 Å². The summed E-state index contributed by atoms with van der Waals surface area (Å²) in [5.74, 6) is 1.55. The van der Waals surface area contributed by atoms with Gasteiger partial charge in [-0.25, -0.2) is 4.98 Å². The van der Waals surface area contributed by atoms with Crippen LogP contribution in [0, 0.1) is 0 Å². The number of benzene rings is 2. The monoisotopic (exact) mass is 278 g/mol. The van der Waals surface area contributed by atoms with E-state index in [4.69, 9.17) is 4.42 Å². The number of hydrogen-bond donors (Lipinski definition) is 1. The van der Waals surface area contributed by atoms with Gasteiger partial charge in [-0.1, -0.05) is 67.6 Å². The molecule has 0 bridgehead atoms. The fourth-order valence-corrected chi connectivity index (χ4v) is 2.25. The summed E-state index contributed by atoms with van der Waals surface area (Å²) in [6.45, 7) is 3.60. The van der Waals surface area contributed by atoms with Gasteiger partial charge in [-0.05, 0) is 6.54 Å². The van der Waals surface area contributed by atoms with Gasteiger partial charge in [0.1, 0.15) is 5.69 Å². The number of aromatic nitrogens is 1. The summed E-state index contributed by atoms with van der Waals surface area (Å²) in [6.07, 6.45) is 0. The number of oxazole rings is 1. The molecule has 2 aromatic carbocycles. The highest BCUT2D eigenvalue weighted by Gasteiger charge is 2.16. The van der Waals surface area contributed by atoms with Crippen LogP contribution in [0.2, 0.25) is 0 Å². The Morgan fingerprint density at radius 1 is 0.905 bits per heavy atom. The predicted molar refractivity (Wildman–Crippen MR) is 84.8 cm³/mol. The average molecular weight is 278 g/mol. The molecule has 0 spiro atoms. The van der Waals surface area contributed by atoms with Crippen LogP contribution >= 0.6 is 0 Å². The summed E-state index contributed by atoms with van der Waals surface area (Å²) in [6, 6.07) is 20.3. The maximum atomic E-state index is 5.98. The van der Waals surface area contributed by atoms with Crippen LogP contribution in [-0.2, 0) is 6.54 Å². The first-order valence-corrected chi connectivity index (χ1v) is 7.19. The number of nitrogens with zero attached hydrogens (tertiary/aromatic N) is 1. The van der Waals surface area contributed by atoms with Crippen molar-refractivity contribution in [2.45, 2.75) is 13.5 Å². The Balaban J connectivity index is 2.06. The highest BCUT2D eigenvalue weighted by Crippen LogP contribution is 2.32. The maximum Gasteiger partial charge on any atom is 0.209 e. The van der Waals surface area contributed by atoms with Crippen LogP contribution in [0.25, 0.3) is 22.6 Å². The largest absolute Gasteiger partial charge is 0.439 e. The van der Waals surface area contributed by atoms with Gasteiger partial charge in [-0.3, -0.25) is 0 Å². The maximum absolute atomic E-state index is 5.98. The molecule has 0 atom stereocenters. The zero-order valence-electron chi connectivity index (χ0n) is 12.0. The molecule has 3 heteroatoms. The van der Waals surface area contributed by atoms with E-state index < -0.39 is 0 Å². The highest BCUT2D eigenvalue weighted by atomic mass is 16.4. The molecule has 21 heavy (non-hydrogen) atoms. The van der Waals surface area contributed by atoms with Crippen molar-refractivity contribution >= 4 is 0 Å². The molecule has 0 aliphatic carbocycles. The van der Waals surface area contributed by atoms with E-state index in [1.165, 1.54) is 0 Å². The van der Waals surface area contributed by atoms with Gasteiger partial charge in [0.25, 0.3) is 0 Å². The van der Waals surface area contributed by atoms with Gasteiger partial charge in [-0.15, -0.1) is 0 Å². The Bertz CT molecular complexity index is 633. The molecular formula is C18H18N2O. The summed E-state index contributed by atoms with van der Waals surface area (Å²) < 4.78 is 5.98. The fraction of sp³-hybridized carbons (Fsp3) is 0.167. The first kappa shape index (κ1) is 13.6. The van der Waals surface area contributed by atoms with Gasteiger partial charge in [0.05, 0.1) is 6.54 Å². The van der Waals surface area contributed by atoms with E-state index in [9.17, 15) is 0 Å². The van der Waals surface area contributed by atoms with Crippen LogP contribution in [0.15, 0.2) is 65.1 Å². The summed E-state index contributed by atoms with van der Waals surface area (Å²) in [4.78, 5) is 4.67. The Morgan fingerprint density at radius 3 is 2.14 bits per heavy atom. The first-order valence-electron chi connectivity index (χ1n) is 7.19. The molecule has 3 rings (SSSR count). The minimum absolute atomic E-state index is 0.642. The summed E-state index contributed by atoms with van der Waals surface area (Å²) >= 11 is 0. The summed E-state index contributed by atoms with van der Waals surface area (Å²) in [5.41, 5.74) is 3.02. The Morgan fingerprint density at radius 2 is 1.52 bits per heavy atom. The third-order valence-corrected chi connectivity index (χ3v) is 3.28. The molecule has 1 aromatic heterocycles. The molecule has 0 radical (unpaired) electrons. The molecule has 0 aliphatic heterocycles. The predicted octanol–water partition coefficient (Wildman–Crippen LogP) is 4.12. The van der Waals surface area contributed by atoms with E-state index in [2.05, 4.69) is 29.4 Å². The van der Waals surface area contributed by atoms with Crippen molar-refractivity contribution in [1.82, 2.24) is 10.3 Å². The quantitative estimate of drug-likeness (QED) is 0.763. The molecule has 0 aliphatic rings. The Hall–Kier alpha value is -2.39. The van der Waals surface area contributed by atoms with E-state index in [-0.39, 0.29) is 0 Å². The average Bonchev–Trinajstić information content (AvgIpc) is 2.99. The molecule has 3 nitrogen and oxygen atoms in total. The van der Waals surface area contributed by atoms with E-state index in [1.807, 2.05) is 48.5 Å². The van der Waals surface area contributed by atoms with Crippen LogP contribution in [0.5, 0.6) is 0 Å². The summed E-state index contributed by atoms with van der Waals surface area (Å²) in [7, 11) is 0. The number of nitrogens with one attached hydrogen (secondary N) is 1. The van der Waals surface area contributed by atoms with Gasteiger partial charge in [0, 0.05) is 11.1 Å². The number of hydrogen-bond acceptors (Lipinski definition) is 3. The second kappa shape index (κ2) is 6.37. The molecule has 0 unspecified atom stereocenters. The SMILES string of the molecule is CCNCc1nc(-c2ccccc2)c(-c2ccccc2)o1. The normalized spacial score (nSPS) is 10.7. The lowest BCUT2D eigenvalue weighted by Gasteiger charge is -2.00. The third kappa shape index (κ3) is 3.03. The van der Waals surface area contributed by atoms with Crippen molar-refractivity contribution < 1.29 is 4.42 Å². The van der Waals surface area contributed by atoms with Crippen molar-refractivity contribution in [3.05, 3.63) is 66.6 Å². The van der Waals surface area contributed by atoms with Gasteiger partial charge in [0.2, 0.25) is 5.89 Å². The molecule has 0 fully saturated rings. The van der Waals surface area contributed by atoms with E-state index in [0.717, 1.165) is 35.0 Å². The Kier molecular flexibility index (Phi) is 4.12. The van der Waals surface area contributed by atoms with Crippen LogP contribution in [0.4, 0.5) is 0 Å². The lowest BCUT2D eigenvalue weighted by atomic mass is 10.1. The fourth-order valence-electron chi connectivity index (χ4n) is 2.25. The van der Waals surface area contributed by atoms with Crippen LogP contribution in [-0.4, -0.2) is 11.5 Å². The molecule has 106 valence electrons. The topological polar surface area (TPSA) is 38.1 Å². The lowest BCUT2D eigenvalue weighted by Crippen LogP contribution is -2.11. The van der Waals surface area contributed by atoms with Crippen LogP contribution < -0.4 is 5.32 Å². The van der Waals surface area contributed by atoms with E-state index >= 15 is 0 Å². The third-order valence-electron chi connectivity index (χ3n) is 3.28. The lowest BCUT2D eigenvalue weighted by molar-refractivity contribution is 0.482. The van der Waals surface area contributed by atoms with Crippen LogP contribution in [0.1, 0.15) is 12.8 Å². The zero-order valence-corrected chi connectivity index (χ0v) is 12.0. The first-order chi connectivity index (χ1) is 10.4. The van der Waals surface area contributed by atoms with Crippen molar-refractivity contribution in [2.75, 3.05) is 6.54 Å².